The van der Waals surface area contributed by atoms with E-state index in [1.165, 1.54) is 0 Å². The van der Waals surface area contributed by atoms with Crippen molar-refractivity contribution in [2.24, 2.45) is 0 Å². The second-order valence-corrected chi connectivity index (χ2v) is 6.01. The fraction of sp³-hybridized carbons (Fsp3) is 0.579. The van der Waals surface area contributed by atoms with Crippen molar-refractivity contribution in [1.29, 1.82) is 0 Å². The van der Waals surface area contributed by atoms with Crippen molar-refractivity contribution in [3.8, 4) is 0 Å². The number of unbranched alkanes of at least 4 members (excludes halogenated alkanes) is 5. The van der Waals surface area contributed by atoms with Crippen LogP contribution in [-0.4, -0.2) is 31.0 Å². The van der Waals surface area contributed by atoms with E-state index >= 15 is 0 Å². The highest BCUT2D eigenvalue weighted by atomic mass is 35.5. The lowest BCUT2D eigenvalue weighted by atomic mass is 10.1. The highest BCUT2D eigenvalue weighted by molar-refractivity contribution is 6.17. The zero-order valence-electron chi connectivity index (χ0n) is 14.4. The maximum Gasteiger partial charge on any atom is 0.339 e. The van der Waals surface area contributed by atoms with Gasteiger partial charge in [0.1, 0.15) is 0 Å². The first kappa shape index (κ1) is 20.5. The molecule has 0 aliphatic rings. The molecule has 0 saturated heterocycles. The van der Waals surface area contributed by atoms with Crippen LogP contribution < -0.4 is 0 Å². The van der Waals surface area contributed by atoms with E-state index in [9.17, 15) is 9.59 Å². The molecule has 1 rings (SSSR count). The molecule has 0 unspecified atom stereocenters. The highest BCUT2D eigenvalue weighted by Gasteiger charge is 2.18. The number of esters is 2. The third-order valence-corrected chi connectivity index (χ3v) is 3.83. The maximum absolute atomic E-state index is 12.2. The minimum atomic E-state index is -0.483. The molecule has 1 aromatic rings. The van der Waals surface area contributed by atoms with E-state index in [1.54, 1.807) is 24.3 Å². The molecule has 0 radical (unpaired) electrons. The van der Waals surface area contributed by atoms with Crippen molar-refractivity contribution in [2.45, 2.75) is 51.9 Å². The normalized spacial score (nSPS) is 10.4. The largest absolute Gasteiger partial charge is 0.462 e. The first-order valence-corrected chi connectivity index (χ1v) is 9.23. The Balaban J connectivity index is 2.38. The fourth-order valence-electron chi connectivity index (χ4n) is 2.26. The Hall–Kier alpha value is -1.55. The van der Waals surface area contributed by atoms with Crippen LogP contribution in [0.2, 0.25) is 0 Å². The average molecular weight is 355 g/mol. The summed E-state index contributed by atoms with van der Waals surface area (Å²) in [6, 6.07) is 6.60. The molecule has 0 aliphatic heterocycles. The summed E-state index contributed by atoms with van der Waals surface area (Å²) in [7, 11) is 0. The second-order valence-electron chi connectivity index (χ2n) is 5.63. The Morgan fingerprint density at radius 3 is 1.88 bits per heavy atom. The SMILES string of the molecule is CCCOC(=O)c1ccccc1C(=O)OCCCCCCCCCl. The smallest absolute Gasteiger partial charge is 0.339 e. The lowest BCUT2D eigenvalue weighted by molar-refractivity contribution is 0.0454. The monoisotopic (exact) mass is 354 g/mol. The predicted octanol–water partition coefficient (Wildman–Crippen LogP) is 4.99. The molecular weight excluding hydrogens is 328 g/mol. The lowest BCUT2D eigenvalue weighted by Gasteiger charge is -2.09. The van der Waals surface area contributed by atoms with Crippen LogP contribution in [0.4, 0.5) is 0 Å². The van der Waals surface area contributed by atoms with Gasteiger partial charge in [0.05, 0.1) is 24.3 Å². The van der Waals surface area contributed by atoms with Crippen molar-refractivity contribution in [3.05, 3.63) is 35.4 Å². The Morgan fingerprint density at radius 1 is 0.833 bits per heavy atom. The molecule has 0 atom stereocenters. The summed E-state index contributed by atoms with van der Waals surface area (Å²) in [6.45, 7) is 2.63. The van der Waals surface area contributed by atoms with Crippen molar-refractivity contribution in [3.63, 3.8) is 0 Å². The summed E-state index contributed by atoms with van der Waals surface area (Å²) < 4.78 is 10.4. The topological polar surface area (TPSA) is 52.6 Å². The maximum atomic E-state index is 12.2. The zero-order chi connectivity index (χ0) is 17.6. The molecule has 0 aliphatic carbocycles. The molecule has 0 amide bonds. The second kappa shape index (κ2) is 12.8. The average Bonchev–Trinajstić information content (AvgIpc) is 2.61. The number of carbonyl (C=O) groups is 2. The highest BCUT2D eigenvalue weighted by Crippen LogP contribution is 2.13. The van der Waals surface area contributed by atoms with E-state index in [1.807, 2.05) is 6.92 Å². The van der Waals surface area contributed by atoms with Gasteiger partial charge in [0.15, 0.2) is 0 Å². The molecule has 5 heteroatoms. The van der Waals surface area contributed by atoms with Gasteiger partial charge in [-0.05, 0) is 31.4 Å². The molecule has 134 valence electrons. The molecule has 0 heterocycles. The predicted molar refractivity (Wildman–Crippen MR) is 95.7 cm³/mol. The zero-order valence-corrected chi connectivity index (χ0v) is 15.1. The molecular formula is C19H27ClO4. The first-order valence-electron chi connectivity index (χ1n) is 8.70. The van der Waals surface area contributed by atoms with E-state index in [-0.39, 0.29) is 11.1 Å². The number of ether oxygens (including phenoxy) is 2. The summed E-state index contributed by atoms with van der Waals surface area (Å²) in [5.74, 6) is -0.234. The molecule has 0 spiro atoms. The molecule has 0 saturated carbocycles. The van der Waals surface area contributed by atoms with Gasteiger partial charge in [0.2, 0.25) is 0 Å². The molecule has 24 heavy (non-hydrogen) atoms. The van der Waals surface area contributed by atoms with Gasteiger partial charge in [-0.3, -0.25) is 0 Å². The number of carbonyl (C=O) groups excluding carboxylic acids is 2. The van der Waals surface area contributed by atoms with E-state index in [0.29, 0.717) is 13.2 Å². The van der Waals surface area contributed by atoms with Gasteiger partial charge in [-0.15, -0.1) is 11.6 Å². The standard InChI is InChI=1S/C19H27ClO4/c1-2-14-23-18(21)16-11-7-8-12-17(16)19(22)24-15-10-6-4-3-5-9-13-20/h7-8,11-12H,2-6,9-10,13-15H2,1H3. The van der Waals surface area contributed by atoms with Crippen LogP contribution in [0, 0.1) is 0 Å². The van der Waals surface area contributed by atoms with Crippen molar-refractivity contribution >= 4 is 23.5 Å². The summed E-state index contributed by atoms with van der Waals surface area (Å²) in [4.78, 5) is 24.2. The quantitative estimate of drug-likeness (QED) is 0.301. The van der Waals surface area contributed by atoms with Gasteiger partial charge in [0, 0.05) is 5.88 Å². The Morgan fingerprint density at radius 2 is 1.33 bits per heavy atom. The molecule has 0 fully saturated rings. The Bertz CT molecular complexity index is 502. The van der Waals surface area contributed by atoms with Crippen molar-refractivity contribution in [1.82, 2.24) is 0 Å². The fourth-order valence-corrected chi connectivity index (χ4v) is 2.45. The van der Waals surface area contributed by atoms with Crippen LogP contribution in [-0.2, 0) is 9.47 Å². The van der Waals surface area contributed by atoms with Crippen LogP contribution in [0.15, 0.2) is 24.3 Å². The van der Waals surface area contributed by atoms with Gasteiger partial charge in [-0.25, -0.2) is 9.59 Å². The molecule has 4 nitrogen and oxygen atoms in total. The number of hydrogen-bond acceptors (Lipinski definition) is 4. The van der Waals surface area contributed by atoms with Gasteiger partial charge in [0.25, 0.3) is 0 Å². The van der Waals surface area contributed by atoms with Crippen molar-refractivity contribution in [2.75, 3.05) is 19.1 Å². The molecule has 0 aromatic heterocycles. The Kier molecular flexibility index (Phi) is 10.9. The number of rotatable bonds is 12. The van der Waals surface area contributed by atoms with E-state index in [2.05, 4.69) is 0 Å². The van der Waals surface area contributed by atoms with Crippen molar-refractivity contribution < 1.29 is 19.1 Å². The van der Waals surface area contributed by atoms with Crippen LogP contribution in [0.25, 0.3) is 0 Å². The van der Waals surface area contributed by atoms with E-state index in [0.717, 1.165) is 50.8 Å². The molecule has 0 N–H and O–H groups in total. The summed E-state index contributed by atoms with van der Waals surface area (Å²) in [5.41, 5.74) is 0.526. The number of alkyl halides is 1. The van der Waals surface area contributed by atoms with Gasteiger partial charge in [-0.2, -0.15) is 0 Å². The minimum Gasteiger partial charge on any atom is -0.462 e. The first-order chi connectivity index (χ1) is 11.7. The number of benzene rings is 1. The molecule has 1 aromatic carbocycles. The minimum absolute atomic E-state index is 0.261. The van der Waals surface area contributed by atoms with Crippen LogP contribution in [0.3, 0.4) is 0 Å². The molecule has 0 bridgehead atoms. The number of halogens is 1. The third kappa shape index (κ3) is 7.82. The van der Waals surface area contributed by atoms with E-state index < -0.39 is 11.9 Å². The van der Waals surface area contributed by atoms with Gasteiger partial charge >= 0.3 is 11.9 Å². The van der Waals surface area contributed by atoms with Crippen LogP contribution in [0.1, 0.15) is 72.6 Å². The van der Waals surface area contributed by atoms with Crippen LogP contribution >= 0.6 is 11.6 Å². The summed E-state index contributed by atoms with van der Waals surface area (Å²) in [6.07, 6.45) is 7.08. The Labute approximate surface area is 149 Å². The number of hydrogen-bond donors (Lipinski definition) is 0. The third-order valence-electron chi connectivity index (χ3n) is 3.57. The lowest BCUT2D eigenvalue weighted by Crippen LogP contribution is -2.14. The van der Waals surface area contributed by atoms with Gasteiger partial charge in [-0.1, -0.05) is 44.7 Å². The summed E-state index contributed by atoms with van der Waals surface area (Å²) >= 11 is 5.63. The van der Waals surface area contributed by atoms with E-state index in [4.69, 9.17) is 21.1 Å². The summed E-state index contributed by atoms with van der Waals surface area (Å²) in [5, 5.41) is 0. The van der Waals surface area contributed by atoms with Crippen LogP contribution in [0.5, 0.6) is 0 Å². The van der Waals surface area contributed by atoms with Gasteiger partial charge < -0.3 is 9.47 Å².